The number of amides is 1. The third-order valence-corrected chi connectivity index (χ3v) is 8.66. The van der Waals surface area contributed by atoms with Crippen LogP contribution in [0.1, 0.15) is 18.7 Å². The molecular weight excluding hydrogens is 468 g/mol. The van der Waals surface area contributed by atoms with Crippen molar-refractivity contribution in [1.82, 2.24) is 14.4 Å². The van der Waals surface area contributed by atoms with Gasteiger partial charge in [-0.15, -0.1) is 11.3 Å². The standard InChI is InChI=1S/C21H24N4O6S2/c1-13-22-20(24-31-13)15-9-19(32-12-15)33(27,28)25-8-4-5-14(11-25)21(26)23-17-10-16(29-2)6-7-18(17)30-3/h6-7,9-10,12,14H,4-5,8,11H2,1-3H3,(H,23,26)/t14-/m1/s1. The predicted molar refractivity (Wildman–Crippen MR) is 122 cm³/mol. The number of hydrogen-bond donors (Lipinski definition) is 1. The molecule has 0 radical (unpaired) electrons. The normalized spacial score (nSPS) is 17.0. The number of methoxy groups -OCH3 is 2. The summed E-state index contributed by atoms with van der Waals surface area (Å²) in [5.74, 6) is 1.04. The number of aromatic nitrogens is 2. The minimum Gasteiger partial charge on any atom is -0.497 e. The molecule has 1 aliphatic rings. The number of thiophene rings is 1. The van der Waals surface area contributed by atoms with Gasteiger partial charge in [0.2, 0.25) is 17.6 Å². The fourth-order valence-electron chi connectivity index (χ4n) is 3.63. The molecule has 0 spiro atoms. The summed E-state index contributed by atoms with van der Waals surface area (Å²) in [5, 5.41) is 8.37. The molecule has 1 N–H and O–H groups in total. The van der Waals surface area contributed by atoms with Crippen molar-refractivity contribution >= 4 is 33.0 Å². The maximum absolute atomic E-state index is 13.3. The number of carbonyl (C=O) groups is 1. The summed E-state index contributed by atoms with van der Waals surface area (Å²) in [7, 11) is -0.718. The van der Waals surface area contributed by atoms with Crippen LogP contribution in [0.25, 0.3) is 11.4 Å². The molecule has 1 amide bonds. The number of anilines is 1. The molecular formula is C21H24N4O6S2. The van der Waals surface area contributed by atoms with Gasteiger partial charge in [0.15, 0.2) is 0 Å². The van der Waals surface area contributed by atoms with Gasteiger partial charge in [-0.2, -0.15) is 9.29 Å². The SMILES string of the molecule is COc1ccc(OC)c(NC(=O)[C@@H]2CCCN(S(=O)(=O)c3cc(-c4noc(C)n4)cs3)C2)c1. The summed E-state index contributed by atoms with van der Waals surface area (Å²) < 4.78 is 43.5. The minimum absolute atomic E-state index is 0.0923. The summed E-state index contributed by atoms with van der Waals surface area (Å²) in [6.45, 7) is 2.11. The zero-order valence-electron chi connectivity index (χ0n) is 18.4. The van der Waals surface area contributed by atoms with Crippen molar-refractivity contribution in [3.05, 3.63) is 35.5 Å². The van der Waals surface area contributed by atoms with Gasteiger partial charge in [-0.3, -0.25) is 4.79 Å². The van der Waals surface area contributed by atoms with E-state index in [-0.39, 0.29) is 16.7 Å². The number of ether oxygens (including phenoxy) is 2. The van der Waals surface area contributed by atoms with Gasteiger partial charge in [-0.25, -0.2) is 8.42 Å². The van der Waals surface area contributed by atoms with Gasteiger partial charge in [-0.05, 0) is 31.0 Å². The zero-order valence-corrected chi connectivity index (χ0v) is 20.0. The van der Waals surface area contributed by atoms with Gasteiger partial charge >= 0.3 is 0 Å². The van der Waals surface area contributed by atoms with Crippen molar-refractivity contribution in [1.29, 1.82) is 0 Å². The monoisotopic (exact) mass is 492 g/mol. The van der Waals surface area contributed by atoms with Crippen LogP contribution < -0.4 is 14.8 Å². The number of rotatable bonds is 7. The molecule has 33 heavy (non-hydrogen) atoms. The quantitative estimate of drug-likeness (QED) is 0.533. The Kier molecular flexibility index (Phi) is 6.68. The second-order valence-electron chi connectivity index (χ2n) is 7.55. The Bertz CT molecular complexity index is 1250. The highest BCUT2D eigenvalue weighted by Crippen LogP contribution is 2.33. The molecule has 0 aliphatic carbocycles. The molecule has 3 heterocycles. The Morgan fingerprint density at radius 1 is 1.27 bits per heavy atom. The Balaban J connectivity index is 1.49. The molecule has 0 saturated carbocycles. The zero-order chi connectivity index (χ0) is 23.6. The molecule has 1 aromatic carbocycles. The number of aryl methyl sites for hydroxylation is 1. The number of piperidine rings is 1. The van der Waals surface area contributed by atoms with E-state index in [1.54, 1.807) is 30.5 Å². The summed E-state index contributed by atoms with van der Waals surface area (Å²) in [4.78, 5) is 17.1. The second-order valence-corrected chi connectivity index (χ2v) is 10.6. The smallest absolute Gasteiger partial charge is 0.252 e. The van der Waals surface area contributed by atoms with E-state index in [0.717, 1.165) is 11.3 Å². The van der Waals surface area contributed by atoms with Crippen LogP contribution in [-0.2, 0) is 14.8 Å². The lowest BCUT2D eigenvalue weighted by molar-refractivity contribution is -0.120. The van der Waals surface area contributed by atoms with E-state index < -0.39 is 15.9 Å². The lowest BCUT2D eigenvalue weighted by Crippen LogP contribution is -2.43. The average Bonchev–Trinajstić information content (AvgIpc) is 3.48. The predicted octanol–water partition coefficient (Wildman–Crippen LogP) is 3.16. The molecule has 1 saturated heterocycles. The van der Waals surface area contributed by atoms with Gasteiger partial charge in [0, 0.05) is 37.0 Å². The summed E-state index contributed by atoms with van der Waals surface area (Å²) >= 11 is 1.09. The molecule has 2 aromatic heterocycles. The number of carbonyl (C=O) groups excluding carboxylic acids is 1. The molecule has 1 fully saturated rings. The van der Waals surface area contributed by atoms with Crippen molar-refractivity contribution in [2.45, 2.75) is 24.0 Å². The van der Waals surface area contributed by atoms with E-state index in [1.165, 1.54) is 24.6 Å². The van der Waals surface area contributed by atoms with Crippen LogP contribution in [0.4, 0.5) is 5.69 Å². The van der Waals surface area contributed by atoms with Crippen molar-refractivity contribution in [3.8, 4) is 22.9 Å². The van der Waals surface area contributed by atoms with E-state index in [0.29, 0.717) is 53.9 Å². The van der Waals surface area contributed by atoms with Crippen LogP contribution in [-0.4, -0.2) is 56.1 Å². The first-order chi connectivity index (χ1) is 15.8. The average molecular weight is 493 g/mol. The van der Waals surface area contributed by atoms with Crippen molar-refractivity contribution in [2.24, 2.45) is 5.92 Å². The molecule has 1 atom stereocenters. The number of sulfonamides is 1. The lowest BCUT2D eigenvalue weighted by atomic mass is 9.98. The van der Waals surface area contributed by atoms with Gasteiger partial charge in [0.25, 0.3) is 10.0 Å². The minimum atomic E-state index is -3.76. The molecule has 4 rings (SSSR count). The van der Waals surface area contributed by atoms with Gasteiger partial charge < -0.3 is 19.3 Å². The maximum Gasteiger partial charge on any atom is 0.252 e. The highest BCUT2D eigenvalue weighted by molar-refractivity contribution is 7.91. The number of nitrogens with one attached hydrogen (secondary N) is 1. The number of nitrogens with zero attached hydrogens (tertiary/aromatic N) is 3. The molecule has 12 heteroatoms. The first-order valence-electron chi connectivity index (χ1n) is 10.2. The second kappa shape index (κ2) is 9.49. The van der Waals surface area contributed by atoms with Crippen LogP contribution in [0.3, 0.4) is 0 Å². The van der Waals surface area contributed by atoms with Crippen LogP contribution in [0, 0.1) is 12.8 Å². The first-order valence-corrected chi connectivity index (χ1v) is 12.6. The first kappa shape index (κ1) is 23.2. The Morgan fingerprint density at radius 3 is 2.79 bits per heavy atom. The van der Waals surface area contributed by atoms with E-state index in [1.807, 2.05) is 0 Å². The van der Waals surface area contributed by atoms with Gasteiger partial charge in [0.05, 0.1) is 25.8 Å². The highest BCUT2D eigenvalue weighted by Gasteiger charge is 2.34. The Hall–Kier alpha value is -2.96. The third-order valence-electron chi connectivity index (χ3n) is 5.37. The summed E-state index contributed by atoms with van der Waals surface area (Å²) in [5.41, 5.74) is 1.05. The van der Waals surface area contributed by atoms with Crippen LogP contribution in [0.2, 0.25) is 0 Å². The number of benzene rings is 1. The summed E-state index contributed by atoms with van der Waals surface area (Å²) in [6.07, 6.45) is 1.16. The maximum atomic E-state index is 13.3. The fraction of sp³-hybridized carbons (Fsp3) is 0.381. The molecule has 10 nitrogen and oxygen atoms in total. The van der Waals surface area contributed by atoms with Crippen LogP contribution in [0.5, 0.6) is 11.5 Å². The van der Waals surface area contributed by atoms with Crippen LogP contribution in [0.15, 0.2) is 38.4 Å². The molecule has 0 unspecified atom stereocenters. The van der Waals surface area contributed by atoms with E-state index in [9.17, 15) is 13.2 Å². The highest BCUT2D eigenvalue weighted by atomic mass is 32.2. The lowest BCUT2D eigenvalue weighted by Gasteiger charge is -2.30. The Morgan fingerprint density at radius 2 is 2.09 bits per heavy atom. The largest absolute Gasteiger partial charge is 0.497 e. The molecule has 1 aliphatic heterocycles. The van der Waals surface area contributed by atoms with Gasteiger partial charge in [0.1, 0.15) is 15.7 Å². The molecule has 0 bridgehead atoms. The third kappa shape index (κ3) is 4.87. The van der Waals surface area contributed by atoms with E-state index in [2.05, 4.69) is 15.5 Å². The van der Waals surface area contributed by atoms with Crippen molar-refractivity contribution < 1.29 is 27.2 Å². The van der Waals surface area contributed by atoms with Gasteiger partial charge in [-0.1, -0.05) is 5.16 Å². The van der Waals surface area contributed by atoms with E-state index in [4.69, 9.17) is 14.0 Å². The molecule has 176 valence electrons. The van der Waals surface area contributed by atoms with Crippen molar-refractivity contribution in [3.63, 3.8) is 0 Å². The topological polar surface area (TPSA) is 124 Å². The van der Waals surface area contributed by atoms with E-state index >= 15 is 0 Å². The molecule has 3 aromatic rings. The van der Waals surface area contributed by atoms with Crippen molar-refractivity contribution in [2.75, 3.05) is 32.6 Å². The number of hydrogen-bond acceptors (Lipinski definition) is 9. The fourth-order valence-corrected chi connectivity index (χ4v) is 6.47. The van der Waals surface area contributed by atoms with Crippen LogP contribution >= 0.6 is 11.3 Å². The summed E-state index contributed by atoms with van der Waals surface area (Å²) in [6, 6.07) is 6.64. The Labute approximate surface area is 195 Å².